The zero-order chi connectivity index (χ0) is 33.4. The molecule has 2 atom stereocenters. The average Bonchev–Trinajstić information content (AvgIpc) is 3.03. The highest BCUT2D eigenvalue weighted by Gasteiger charge is 2.35. The SMILES string of the molecule is CC[C@H](C)NC(=O)[C@H](Cc1ccccc1)N(Cc1c(Cl)cccc1Cl)C(=O)CN(c1cccc(C)c1)S(=O)(=O)c1ccc(Cl)cc1. The van der Waals surface area contributed by atoms with Gasteiger partial charge in [0.15, 0.2) is 0 Å². The fraction of sp³-hybridized carbons (Fsp3) is 0.257. The molecule has 0 aliphatic carbocycles. The van der Waals surface area contributed by atoms with Crippen molar-refractivity contribution in [3.63, 3.8) is 0 Å². The predicted octanol–water partition coefficient (Wildman–Crippen LogP) is 7.71. The Morgan fingerprint density at radius 1 is 0.848 bits per heavy atom. The van der Waals surface area contributed by atoms with Gasteiger partial charge in [0.1, 0.15) is 12.6 Å². The first-order valence-corrected chi connectivity index (χ1v) is 17.4. The summed E-state index contributed by atoms with van der Waals surface area (Å²) in [7, 11) is -4.26. The second-order valence-corrected chi connectivity index (χ2v) is 14.2. The van der Waals surface area contributed by atoms with E-state index in [-0.39, 0.29) is 29.8 Å². The highest BCUT2D eigenvalue weighted by molar-refractivity contribution is 7.92. The lowest BCUT2D eigenvalue weighted by Gasteiger charge is -2.34. The van der Waals surface area contributed by atoms with Gasteiger partial charge in [-0.2, -0.15) is 0 Å². The van der Waals surface area contributed by atoms with Gasteiger partial charge in [0.05, 0.1) is 10.6 Å². The fourth-order valence-electron chi connectivity index (χ4n) is 4.89. The Kier molecular flexibility index (Phi) is 12.1. The van der Waals surface area contributed by atoms with Crippen molar-refractivity contribution < 1.29 is 18.0 Å². The molecular formula is C35H36Cl3N3O4S. The van der Waals surface area contributed by atoms with E-state index in [1.54, 1.807) is 36.4 Å². The largest absolute Gasteiger partial charge is 0.352 e. The summed E-state index contributed by atoms with van der Waals surface area (Å²) >= 11 is 19.2. The molecule has 0 saturated heterocycles. The Balaban J connectivity index is 1.84. The maximum Gasteiger partial charge on any atom is 0.264 e. The van der Waals surface area contributed by atoms with Crippen LogP contribution in [0.1, 0.15) is 37.0 Å². The summed E-state index contributed by atoms with van der Waals surface area (Å²) in [5.74, 6) is -0.993. The van der Waals surface area contributed by atoms with Gasteiger partial charge in [-0.3, -0.25) is 13.9 Å². The number of aryl methyl sites for hydroxylation is 1. The van der Waals surface area contributed by atoms with Crippen LogP contribution in [0.3, 0.4) is 0 Å². The zero-order valence-corrected chi connectivity index (χ0v) is 28.9. The van der Waals surface area contributed by atoms with Crippen LogP contribution in [-0.2, 0) is 32.6 Å². The van der Waals surface area contributed by atoms with Gasteiger partial charge in [0.2, 0.25) is 11.8 Å². The van der Waals surface area contributed by atoms with Gasteiger partial charge in [-0.1, -0.05) is 90.3 Å². The topological polar surface area (TPSA) is 86.8 Å². The number of sulfonamides is 1. The molecule has 0 radical (unpaired) electrons. The Labute approximate surface area is 286 Å². The molecule has 0 unspecified atom stereocenters. The number of carbonyl (C=O) groups excluding carboxylic acids is 2. The minimum Gasteiger partial charge on any atom is -0.352 e. The minimum atomic E-state index is -4.26. The molecule has 0 saturated carbocycles. The van der Waals surface area contributed by atoms with E-state index in [0.29, 0.717) is 32.7 Å². The van der Waals surface area contributed by atoms with E-state index in [2.05, 4.69) is 5.32 Å². The average molecular weight is 701 g/mol. The number of amides is 2. The van der Waals surface area contributed by atoms with Gasteiger partial charge >= 0.3 is 0 Å². The van der Waals surface area contributed by atoms with Crippen molar-refractivity contribution in [3.8, 4) is 0 Å². The summed E-state index contributed by atoms with van der Waals surface area (Å²) in [6, 6.07) is 25.7. The van der Waals surface area contributed by atoms with Crippen LogP contribution in [-0.4, -0.2) is 43.8 Å². The van der Waals surface area contributed by atoms with Gasteiger partial charge in [-0.05, 0) is 79.9 Å². The highest BCUT2D eigenvalue weighted by Crippen LogP contribution is 2.29. The Morgan fingerprint density at radius 2 is 1.48 bits per heavy atom. The summed E-state index contributed by atoms with van der Waals surface area (Å²) in [5.41, 5.74) is 2.36. The van der Waals surface area contributed by atoms with Crippen molar-refractivity contribution in [3.05, 3.63) is 129 Å². The number of carbonyl (C=O) groups is 2. The van der Waals surface area contributed by atoms with Gasteiger partial charge in [-0.15, -0.1) is 0 Å². The zero-order valence-electron chi connectivity index (χ0n) is 25.8. The molecule has 0 fully saturated rings. The van der Waals surface area contributed by atoms with Crippen LogP contribution in [0, 0.1) is 6.92 Å². The number of rotatable bonds is 13. The molecule has 4 aromatic carbocycles. The molecule has 0 bridgehead atoms. The van der Waals surface area contributed by atoms with E-state index in [1.807, 2.05) is 57.2 Å². The lowest BCUT2D eigenvalue weighted by Crippen LogP contribution is -2.54. The molecule has 1 N–H and O–H groups in total. The van der Waals surface area contributed by atoms with Crippen LogP contribution >= 0.6 is 34.8 Å². The summed E-state index contributed by atoms with van der Waals surface area (Å²) in [6.45, 7) is 4.93. The molecule has 4 rings (SSSR count). The van der Waals surface area contributed by atoms with Crippen LogP contribution in [0.25, 0.3) is 0 Å². The van der Waals surface area contributed by atoms with E-state index in [4.69, 9.17) is 34.8 Å². The second-order valence-electron chi connectivity index (χ2n) is 11.0. The third kappa shape index (κ3) is 8.82. The van der Waals surface area contributed by atoms with E-state index >= 15 is 0 Å². The number of anilines is 1. The molecule has 0 aliphatic heterocycles. The van der Waals surface area contributed by atoms with E-state index in [1.165, 1.54) is 29.2 Å². The predicted molar refractivity (Wildman–Crippen MR) is 186 cm³/mol. The van der Waals surface area contributed by atoms with Crippen molar-refractivity contribution in [2.45, 2.75) is 57.1 Å². The van der Waals surface area contributed by atoms with Crippen molar-refractivity contribution in [2.24, 2.45) is 0 Å². The first kappa shape index (κ1) is 35.3. The van der Waals surface area contributed by atoms with Crippen LogP contribution in [0.2, 0.25) is 15.1 Å². The maximum atomic E-state index is 14.6. The highest BCUT2D eigenvalue weighted by atomic mass is 35.5. The van der Waals surface area contributed by atoms with Gasteiger partial charge in [0.25, 0.3) is 10.0 Å². The van der Waals surface area contributed by atoms with Crippen molar-refractivity contribution in [2.75, 3.05) is 10.8 Å². The maximum absolute atomic E-state index is 14.6. The molecular weight excluding hydrogens is 665 g/mol. The first-order valence-electron chi connectivity index (χ1n) is 14.8. The van der Waals surface area contributed by atoms with E-state index in [0.717, 1.165) is 15.4 Å². The van der Waals surface area contributed by atoms with Crippen LogP contribution in [0.15, 0.2) is 102 Å². The molecule has 0 aliphatic rings. The van der Waals surface area contributed by atoms with Crippen LogP contribution in [0.5, 0.6) is 0 Å². The smallest absolute Gasteiger partial charge is 0.264 e. The summed E-state index contributed by atoms with van der Waals surface area (Å²) in [5, 5.41) is 4.01. The normalized spacial score (nSPS) is 12.7. The van der Waals surface area contributed by atoms with Crippen LogP contribution in [0.4, 0.5) is 5.69 Å². The number of hydrogen-bond donors (Lipinski definition) is 1. The molecule has 11 heteroatoms. The third-order valence-electron chi connectivity index (χ3n) is 7.63. The van der Waals surface area contributed by atoms with Crippen molar-refractivity contribution >= 4 is 62.3 Å². The molecule has 0 heterocycles. The first-order chi connectivity index (χ1) is 21.9. The quantitative estimate of drug-likeness (QED) is 0.155. The molecule has 7 nitrogen and oxygen atoms in total. The Morgan fingerprint density at radius 3 is 2.09 bits per heavy atom. The summed E-state index contributed by atoms with van der Waals surface area (Å²) < 4.78 is 29.4. The minimum absolute atomic E-state index is 0.0396. The Bertz CT molecular complexity index is 1750. The number of benzene rings is 4. The van der Waals surface area contributed by atoms with E-state index in [9.17, 15) is 18.0 Å². The molecule has 2 amide bonds. The molecule has 0 aromatic heterocycles. The lowest BCUT2D eigenvalue weighted by atomic mass is 10.0. The monoisotopic (exact) mass is 699 g/mol. The van der Waals surface area contributed by atoms with Gasteiger partial charge < -0.3 is 10.2 Å². The van der Waals surface area contributed by atoms with Crippen molar-refractivity contribution in [1.82, 2.24) is 10.2 Å². The summed E-state index contributed by atoms with van der Waals surface area (Å²) in [6.07, 6.45) is 0.847. The number of nitrogens with one attached hydrogen (secondary N) is 1. The fourth-order valence-corrected chi connectivity index (χ4v) is 6.94. The Hall–Kier alpha value is -3.56. The van der Waals surface area contributed by atoms with E-state index < -0.39 is 28.5 Å². The number of hydrogen-bond acceptors (Lipinski definition) is 4. The van der Waals surface area contributed by atoms with Gasteiger partial charge in [0, 0.05) is 39.6 Å². The molecule has 0 spiro atoms. The van der Waals surface area contributed by atoms with Crippen molar-refractivity contribution in [1.29, 1.82) is 0 Å². The number of nitrogens with zero attached hydrogens (tertiary/aromatic N) is 2. The molecule has 46 heavy (non-hydrogen) atoms. The summed E-state index contributed by atoms with van der Waals surface area (Å²) in [4.78, 5) is 29.9. The standard InChI is InChI=1S/C35H36Cl3N3O4S/c1-4-25(3)39-35(43)33(21-26-11-6-5-7-12-26)40(22-30-31(37)14-9-15-32(30)38)34(42)23-41(28-13-8-10-24(2)20-28)46(44,45)29-18-16-27(36)17-19-29/h5-20,25,33H,4,21-23H2,1-3H3,(H,39,43)/t25-,33-/m0/s1. The van der Waals surface area contributed by atoms with Gasteiger partial charge in [-0.25, -0.2) is 8.42 Å². The second kappa shape index (κ2) is 15.8. The molecule has 242 valence electrons. The van der Waals surface area contributed by atoms with Crippen LogP contribution < -0.4 is 9.62 Å². The number of halogens is 3. The lowest BCUT2D eigenvalue weighted by molar-refractivity contribution is -0.140. The third-order valence-corrected chi connectivity index (χ3v) is 10.4. The molecule has 4 aromatic rings.